The maximum atomic E-state index is 6.53. The Balaban J connectivity index is 0.000000230. The van der Waals surface area contributed by atoms with Gasteiger partial charge in [0.05, 0.1) is 0 Å². The standard InChI is InChI=1S/2C18H25NOSi/c2*1-18(2,3)21(20-15-14-19,16-10-6-4-7-11-16)17-12-8-5-9-13-17/h2*4-13H,14-15,19H2,1-3H3. The summed E-state index contributed by atoms with van der Waals surface area (Å²) in [6.07, 6.45) is 0. The molecule has 0 spiro atoms. The minimum atomic E-state index is -2.35. The predicted octanol–water partition coefficient (Wildman–Crippen LogP) is 5.04. The fraction of sp³-hybridized carbons (Fsp3) is 0.333. The predicted molar refractivity (Wildman–Crippen MR) is 185 cm³/mol. The second-order valence-electron chi connectivity index (χ2n) is 12.6. The Morgan fingerprint density at radius 1 is 0.429 bits per heavy atom. The van der Waals surface area contributed by atoms with Crippen molar-refractivity contribution in [3.05, 3.63) is 121 Å². The molecule has 4 rings (SSSR count). The second kappa shape index (κ2) is 15.1. The van der Waals surface area contributed by atoms with E-state index in [1.807, 2.05) is 0 Å². The van der Waals surface area contributed by atoms with Gasteiger partial charge in [0.1, 0.15) is 0 Å². The van der Waals surface area contributed by atoms with Crippen LogP contribution in [0.15, 0.2) is 121 Å². The SMILES string of the molecule is CC(C)(C)[Si](OCCN)(c1ccccc1)c1ccccc1.CC(C)(C)[Si](OCCN)(c1ccccc1)c1ccccc1. The van der Waals surface area contributed by atoms with Gasteiger partial charge in [-0.1, -0.05) is 163 Å². The Hall–Kier alpha value is -2.85. The number of benzene rings is 4. The molecule has 4 aromatic carbocycles. The average Bonchev–Trinajstić information content (AvgIpc) is 2.99. The van der Waals surface area contributed by atoms with E-state index in [1.54, 1.807) is 0 Å². The summed E-state index contributed by atoms with van der Waals surface area (Å²) in [6, 6.07) is 42.5. The topological polar surface area (TPSA) is 70.5 Å². The Kier molecular flexibility index (Phi) is 12.1. The lowest BCUT2D eigenvalue weighted by Crippen LogP contribution is -2.66. The largest absolute Gasteiger partial charge is 0.406 e. The molecule has 0 saturated carbocycles. The van der Waals surface area contributed by atoms with Crippen molar-refractivity contribution >= 4 is 37.4 Å². The molecule has 0 aliphatic carbocycles. The van der Waals surface area contributed by atoms with Crippen LogP contribution >= 0.6 is 0 Å². The highest BCUT2D eigenvalue weighted by Crippen LogP contribution is 2.37. The van der Waals surface area contributed by atoms with Crippen LogP contribution < -0.4 is 32.2 Å². The molecular formula is C36H50N2O2Si2. The monoisotopic (exact) mass is 598 g/mol. The second-order valence-corrected chi connectivity index (χ2v) is 21.2. The van der Waals surface area contributed by atoms with Crippen LogP contribution in [0.25, 0.3) is 0 Å². The Morgan fingerprint density at radius 3 is 0.810 bits per heavy atom. The molecule has 0 heterocycles. The fourth-order valence-electron chi connectivity index (χ4n) is 5.95. The van der Waals surface area contributed by atoms with Crippen LogP contribution in [0.5, 0.6) is 0 Å². The molecule has 42 heavy (non-hydrogen) atoms. The lowest BCUT2D eigenvalue weighted by molar-refractivity contribution is 0.308. The van der Waals surface area contributed by atoms with E-state index < -0.39 is 16.6 Å². The molecule has 0 amide bonds. The molecule has 0 aromatic heterocycles. The average molecular weight is 599 g/mol. The smallest absolute Gasteiger partial charge is 0.261 e. The quantitative estimate of drug-likeness (QED) is 0.251. The summed E-state index contributed by atoms with van der Waals surface area (Å²) < 4.78 is 13.1. The highest BCUT2D eigenvalue weighted by Gasteiger charge is 2.51. The van der Waals surface area contributed by atoms with E-state index >= 15 is 0 Å². The minimum absolute atomic E-state index is 0.0326. The summed E-state index contributed by atoms with van der Waals surface area (Å²) in [5.41, 5.74) is 11.5. The zero-order valence-electron chi connectivity index (χ0n) is 26.3. The first-order valence-corrected chi connectivity index (χ1v) is 18.8. The summed E-state index contributed by atoms with van der Waals surface area (Å²) in [5.74, 6) is 0. The van der Waals surface area contributed by atoms with E-state index in [-0.39, 0.29) is 10.1 Å². The zero-order valence-corrected chi connectivity index (χ0v) is 28.3. The highest BCUT2D eigenvalue weighted by atomic mass is 28.4. The first-order chi connectivity index (χ1) is 20.0. The number of hydrogen-bond donors (Lipinski definition) is 2. The Labute approximate surface area is 256 Å². The van der Waals surface area contributed by atoms with E-state index in [1.165, 1.54) is 20.7 Å². The first-order valence-electron chi connectivity index (χ1n) is 14.9. The summed E-state index contributed by atoms with van der Waals surface area (Å²) in [7, 11) is -4.70. The van der Waals surface area contributed by atoms with Gasteiger partial charge in [-0.25, -0.2) is 0 Å². The van der Waals surface area contributed by atoms with Crippen molar-refractivity contribution < 1.29 is 8.85 Å². The van der Waals surface area contributed by atoms with Crippen molar-refractivity contribution in [3.8, 4) is 0 Å². The Bertz CT molecular complexity index is 1120. The Morgan fingerprint density at radius 2 is 0.643 bits per heavy atom. The fourth-order valence-corrected chi connectivity index (χ4v) is 15.1. The van der Waals surface area contributed by atoms with Gasteiger partial charge in [0, 0.05) is 26.3 Å². The van der Waals surface area contributed by atoms with Gasteiger partial charge >= 0.3 is 0 Å². The molecule has 0 aliphatic rings. The molecule has 0 radical (unpaired) electrons. The van der Waals surface area contributed by atoms with E-state index in [9.17, 15) is 0 Å². The third-order valence-electron chi connectivity index (χ3n) is 7.71. The first kappa shape index (κ1) is 33.7. The molecule has 6 heteroatoms. The van der Waals surface area contributed by atoms with Gasteiger partial charge in [0.15, 0.2) is 0 Å². The van der Waals surface area contributed by atoms with Crippen molar-refractivity contribution in [2.24, 2.45) is 11.5 Å². The normalized spacial score (nSPS) is 12.4. The van der Waals surface area contributed by atoms with E-state index in [2.05, 4.69) is 163 Å². The zero-order chi connectivity index (χ0) is 30.7. The molecular weight excluding hydrogens is 549 g/mol. The third kappa shape index (κ3) is 7.37. The molecule has 224 valence electrons. The van der Waals surface area contributed by atoms with Crippen molar-refractivity contribution in [3.63, 3.8) is 0 Å². The summed E-state index contributed by atoms with van der Waals surface area (Å²) in [6.45, 7) is 15.9. The maximum Gasteiger partial charge on any atom is 0.261 e. The van der Waals surface area contributed by atoms with Crippen molar-refractivity contribution in [1.82, 2.24) is 0 Å². The lowest BCUT2D eigenvalue weighted by atomic mass is 10.2. The van der Waals surface area contributed by atoms with Crippen LogP contribution in [0.1, 0.15) is 41.5 Å². The van der Waals surface area contributed by atoms with Crippen LogP contribution in [0.4, 0.5) is 0 Å². The molecule has 0 atom stereocenters. The minimum Gasteiger partial charge on any atom is -0.406 e. The van der Waals surface area contributed by atoms with Gasteiger partial charge in [0.25, 0.3) is 16.6 Å². The van der Waals surface area contributed by atoms with E-state index in [0.29, 0.717) is 26.3 Å². The molecule has 4 aromatic rings. The van der Waals surface area contributed by atoms with Crippen molar-refractivity contribution in [2.75, 3.05) is 26.3 Å². The summed E-state index contributed by atoms with van der Waals surface area (Å²) in [4.78, 5) is 0. The number of hydrogen-bond acceptors (Lipinski definition) is 4. The molecule has 4 N–H and O–H groups in total. The molecule has 4 nitrogen and oxygen atoms in total. The molecule has 0 fully saturated rings. The summed E-state index contributed by atoms with van der Waals surface area (Å²) >= 11 is 0. The van der Waals surface area contributed by atoms with Crippen LogP contribution in [0.2, 0.25) is 10.1 Å². The van der Waals surface area contributed by atoms with Crippen molar-refractivity contribution in [1.29, 1.82) is 0 Å². The van der Waals surface area contributed by atoms with E-state index in [4.69, 9.17) is 20.3 Å². The van der Waals surface area contributed by atoms with Gasteiger partial charge in [-0.05, 0) is 30.8 Å². The van der Waals surface area contributed by atoms with Gasteiger partial charge in [-0.15, -0.1) is 0 Å². The van der Waals surface area contributed by atoms with Gasteiger partial charge in [0.2, 0.25) is 0 Å². The summed E-state index contributed by atoms with van der Waals surface area (Å²) in [5, 5.41) is 5.28. The maximum absolute atomic E-state index is 6.53. The van der Waals surface area contributed by atoms with Gasteiger partial charge in [-0.3, -0.25) is 0 Å². The van der Waals surface area contributed by atoms with Crippen LogP contribution in [-0.2, 0) is 8.85 Å². The van der Waals surface area contributed by atoms with Crippen LogP contribution in [0.3, 0.4) is 0 Å². The lowest BCUT2D eigenvalue weighted by Gasteiger charge is -2.43. The number of rotatable bonds is 10. The molecule has 0 bridgehead atoms. The van der Waals surface area contributed by atoms with Gasteiger partial charge < -0.3 is 20.3 Å². The van der Waals surface area contributed by atoms with Gasteiger partial charge in [-0.2, -0.15) is 0 Å². The van der Waals surface area contributed by atoms with Crippen LogP contribution in [0, 0.1) is 0 Å². The molecule has 0 aliphatic heterocycles. The van der Waals surface area contributed by atoms with Crippen molar-refractivity contribution in [2.45, 2.75) is 51.6 Å². The number of nitrogens with two attached hydrogens (primary N) is 2. The third-order valence-corrected chi connectivity index (χ3v) is 17.8. The molecule has 0 unspecified atom stereocenters. The molecule has 0 saturated heterocycles. The highest BCUT2D eigenvalue weighted by molar-refractivity contribution is 7.00. The van der Waals surface area contributed by atoms with E-state index in [0.717, 1.165) is 0 Å². The van der Waals surface area contributed by atoms with Crippen LogP contribution in [-0.4, -0.2) is 42.9 Å².